The molecule has 0 spiro atoms. The largest absolute Gasteiger partial charge is 0.416 e. The molecule has 186 valence electrons. The van der Waals surface area contributed by atoms with Crippen molar-refractivity contribution in [2.45, 2.75) is 70.8 Å². The third kappa shape index (κ3) is 5.31. The molecule has 0 radical (unpaired) electrons. The first-order valence-corrected chi connectivity index (χ1v) is 11.8. The first-order chi connectivity index (χ1) is 16.7. The van der Waals surface area contributed by atoms with Gasteiger partial charge in [0.2, 0.25) is 0 Å². The second kappa shape index (κ2) is 10.1. The second-order valence-corrected chi connectivity index (χ2v) is 8.76. The average molecular weight is 488 g/mol. The minimum Gasteiger partial charge on any atom is -0.381 e. The second-order valence-electron chi connectivity index (χ2n) is 8.76. The van der Waals surface area contributed by atoms with Crippen molar-refractivity contribution in [1.82, 2.24) is 20.1 Å². The van der Waals surface area contributed by atoms with Gasteiger partial charge >= 0.3 is 6.18 Å². The van der Waals surface area contributed by atoms with Crippen molar-refractivity contribution in [2.24, 2.45) is 0 Å². The lowest BCUT2D eigenvalue weighted by Gasteiger charge is -2.25. The molecule has 1 atom stereocenters. The van der Waals surface area contributed by atoms with Gasteiger partial charge in [-0.05, 0) is 43.9 Å². The zero-order chi connectivity index (χ0) is 25.2. The Kier molecular flexibility index (Phi) is 7.09. The molecule has 2 heterocycles. The Morgan fingerprint density at radius 1 is 1.14 bits per heavy atom. The van der Waals surface area contributed by atoms with Crippen LogP contribution in [0.25, 0.3) is 11.0 Å². The number of halogens is 3. The molecule has 1 aromatic carbocycles. The highest BCUT2D eigenvalue weighted by Crippen LogP contribution is 2.32. The van der Waals surface area contributed by atoms with Gasteiger partial charge in [0.15, 0.2) is 5.65 Å². The molecule has 10 heteroatoms. The van der Waals surface area contributed by atoms with E-state index in [2.05, 4.69) is 20.7 Å². The third-order valence-electron chi connectivity index (χ3n) is 6.46. The number of aryl methyl sites for hydroxylation is 1. The van der Waals surface area contributed by atoms with E-state index in [0.29, 0.717) is 66.5 Å². The molecule has 1 amide bonds. The number of pyridine rings is 1. The number of carbonyl (C=O) groups excluding carboxylic acids is 2. The number of carbonyl (C=O) groups is 2. The molecule has 1 unspecified atom stereocenters. The molecule has 2 N–H and O–H groups in total. The fraction of sp³-hybridized carbons (Fsp3) is 0.440. The summed E-state index contributed by atoms with van der Waals surface area (Å²) in [6, 6.07) is 4.39. The van der Waals surface area contributed by atoms with Gasteiger partial charge in [-0.2, -0.15) is 18.3 Å². The van der Waals surface area contributed by atoms with Crippen LogP contribution < -0.4 is 10.6 Å². The van der Waals surface area contributed by atoms with E-state index in [1.165, 1.54) is 18.3 Å². The fourth-order valence-electron chi connectivity index (χ4n) is 4.44. The maximum absolute atomic E-state index is 13.4. The van der Waals surface area contributed by atoms with Gasteiger partial charge in [-0.15, -0.1) is 0 Å². The number of rotatable bonds is 7. The quantitative estimate of drug-likeness (QED) is 0.474. The van der Waals surface area contributed by atoms with E-state index in [-0.39, 0.29) is 17.7 Å². The van der Waals surface area contributed by atoms with Gasteiger partial charge in [0.25, 0.3) is 5.91 Å². The molecular weight excluding hydrogens is 459 g/mol. The number of amides is 1. The summed E-state index contributed by atoms with van der Waals surface area (Å²) >= 11 is 0. The van der Waals surface area contributed by atoms with Crippen LogP contribution in [0.2, 0.25) is 0 Å². The summed E-state index contributed by atoms with van der Waals surface area (Å²) in [6.45, 7) is 4.42. The number of ketones is 1. The van der Waals surface area contributed by atoms with E-state index < -0.39 is 17.8 Å². The molecular formula is C25H28F3N5O2. The number of benzene rings is 1. The van der Waals surface area contributed by atoms with Crippen molar-refractivity contribution in [3.63, 3.8) is 0 Å². The Morgan fingerprint density at radius 2 is 1.83 bits per heavy atom. The maximum Gasteiger partial charge on any atom is 0.416 e. The Bertz CT molecular complexity index is 1210. The van der Waals surface area contributed by atoms with Crippen molar-refractivity contribution in [3.05, 3.63) is 53.3 Å². The summed E-state index contributed by atoms with van der Waals surface area (Å²) in [5, 5.41) is 11.5. The van der Waals surface area contributed by atoms with Gasteiger partial charge in [0.1, 0.15) is 5.78 Å². The molecule has 2 aromatic heterocycles. The maximum atomic E-state index is 13.4. The van der Waals surface area contributed by atoms with Crippen molar-refractivity contribution < 1.29 is 22.8 Å². The van der Waals surface area contributed by atoms with Crippen LogP contribution in [0.4, 0.5) is 18.9 Å². The summed E-state index contributed by atoms with van der Waals surface area (Å²) in [5.74, 6) is -0.146. The molecule has 0 saturated heterocycles. The number of hydrogen-bond acceptors (Lipinski definition) is 5. The summed E-state index contributed by atoms with van der Waals surface area (Å²) < 4.78 is 40.6. The molecule has 1 saturated carbocycles. The lowest BCUT2D eigenvalue weighted by molar-refractivity contribution is -0.137. The van der Waals surface area contributed by atoms with E-state index in [1.54, 1.807) is 10.9 Å². The number of Topliss-reactive ketones (excluding diaryl/α,β-unsaturated/α-hetero) is 1. The SMILES string of the molecule is CCC(NC(=O)c1cnc2c(cnn2CC)c1NC1CCC(=O)CC1)c1ccc(C(F)(F)F)cc1. The first kappa shape index (κ1) is 24.7. The smallest absolute Gasteiger partial charge is 0.381 e. The number of fused-ring (bicyclic) bond motifs is 1. The Balaban J connectivity index is 1.63. The van der Waals surface area contributed by atoms with Gasteiger partial charge in [0.05, 0.1) is 34.4 Å². The number of hydrogen-bond donors (Lipinski definition) is 2. The summed E-state index contributed by atoms with van der Waals surface area (Å²) in [4.78, 5) is 29.5. The minimum atomic E-state index is -4.42. The van der Waals surface area contributed by atoms with Crippen LogP contribution in [0.1, 0.15) is 73.5 Å². The normalized spacial score (nSPS) is 15.9. The predicted molar refractivity (Wildman–Crippen MR) is 126 cm³/mol. The number of aromatic nitrogens is 3. The molecule has 1 aliphatic rings. The summed E-state index contributed by atoms with van der Waals surface area (Å²) in [6.07, 6.45) is 1.59. The van der Waals surface area contributed by atoms with Crippen molar-refractivity contribution in [2.75, 3.05) is 5.32 Å². The number of anilines is 1. The van der Waals surface area contributed by atoms with E-state index in [1.807, 2.05) is 13.8 Å². The van der Waals surface area contributed by atoms with Crippen LogP contribution in [0, 0.1) is 0 Å². The van der Waals surface area contributed by atoms with Crippen LogP contribution in [-0.4, -0.2) is 32.5 Å². The number of nitrogens with zero attached hydrogens (tertiary/aromatic N) is 3. The van der Waals surface area contributed by atoms with Crippen LogP contribution in [0.15, 0.2) is 36.7 Å². The molecule has 7 nitrogen and oxygen atoms in total. The highest BCUT2D eigenvalue weighted by atomic mass is 19.4. The van der Waals surface area contributed by atoms with Gasteiger partial charge in [-0.25, -0.2) is 9.67 Å². The van der Waals surface area contributed by atoms with Crippen LogP contribution in [-0.2, 0) is 17.5 Å². The third-order valence-corrected chi connectivity index (χ3v) is 6.46. The number of alkyl halides is 3. The molecule has 0 bridgehead atoms. The van der Waals surface area contributed by atoms with Crippen LogP contribution in [0.3, 0.4) is 0 Å². The van der Waals surface area contributed by atoms with Gasteiger partial charge in [-0.1, -0.05) is 19.1 Å². The monoisotopic (exact) mass is 487 g/mol. The van der Waals surface area contributed by atoms with Gasteiger partial charge in [0, 0.05) is 31.6 Å². The summed E-state index contributed by atoms with van der Waals surface area (Å²) in [5.41, 5.74) is 1.43. The lowest BCUT2D eigenvalue weighted by atomic mass is 9.94. The van der Waals surface area contributed by atoms with Crippen LogP contribution in [0.5, 0.6) is 0 Å². The molecule has 1 fully saturated rings. The van der Waals surface area contributed by atoms with E-state index in [0.717, 1.165) is 12.1 Å². The molecule has 3 aromatic rings. The first-order valence-electron chi connectivity index (χ1n) is 11.8. The minimum absolute atomic E-state index is 0.0340. The lowest BCUT2D eigenvalue weighted by Crippen LogP contribution is -2.31. The van der Waals surface area contributed by atoms with Crippen molar-refractivity contribution >= 4 is 28.4 Å². The highest BCUT2D eigenvalue weighted by Gasteiger charge is 2.30. The Hall–Kier alpha value is -3.43. The zero-order valence-corrected chi connectivity index (χ0v) is 19.7. The molecule has 0 aliphatic heterocycles. The molecule has 1 aliphatic carbocycles. The zero-order valence-electron chi connectivity index (χ0n) is 19.7. The van der Waals surface area contributed by atoms with E-state index in [4.69, 9.17) is 0 Å². The molecule has 4 rings (SSSR count). The van der Waals surface area contributed by atoms with Crippen molar-refractivity contribution in [1.29, 1.82) is 0 Å². The Labute approximate surface area is 201 Å². The molecule has 35 heavy (non-hydrogen) atoms. The van der Waals surface area contributed by atoms with Crippen molar-refractivity contribution in [3.8, 4) is 0 Å². The fourth-order valence-corrected chi connectivity index (χ4v) is 4.44. The predicted octanol–water partition coefficient (Wildman–Crippen LogP) is 5.27. The van der Waals surface area contributed by atoms with E-state index >= 15 is 0 Å². The number of nitrogens with one attached hydrogen (secondary N) is 2. The van der Waals surface area contributed by atoms with Gasteiger partial charge < -0.3 is 10.6 Å². The summed E-state index contributed by atoms with van der Waals surface area (Å²) in [7, 11) is 0. The van der Waals surface area contributed by atoms with Gasteiger partial charge in [-0.3, -0.25) is 9.59 Å². The van der Waals surface area contributed by atoms with E-state index in [9.17, 15) is 22.8 Å². The average Bonchev–Trinajstić information content (AvgIpc) is 3.27. The van der Waals surface area contributed by atoms with Crippen LogP contribution >= 0.6 is 0 Å². The topological polar surface area (TPSA) is 88.9 Å². The highest BCUT2D eigenvalue weighted by molar-refractivity contribution is 6.06. The Morgan fingerprint density at radius 3 is 2.43 bits per heavy atom. The standard InChI is InChI=1S/C25H28F3N5O2/c1-3-21(15-5-7-16(8-6-15)25(26,27)28)32-24(35)20-13-29-23-19(14-30-33(23)4-2)22(20)31-17-9-11-18(34)12-10-17/h5-8,13-14,17,21H,3-4,9-12H2,1-2H3,(H,29,31)(H,32,35).